The lowest BCUT2D eigenvalue weighted by Crippen LogP contribution is -2.09. The molecule has 0 fully saturated rings. The van der Waals surface area contributed by atoms with Gasteiger partial charge in [0.2, 0.25) is 0 Å². The first-order valence-corrected chi connectivity index (χ1v) is 5.02. The van der Waals surface area contributed by atoms with Crippen LogP contribution in [0.25, 0.3) is 0 Å². The van der Waals surface area contributed by atoms with Gasteiger partial charge in [0.05, 0.1) is 18.8 Å². The molecule has 0 aliphatic rings. The van der Waals surface area contributed by atoms with Gasteiger partial charge in [-0.3, -0.25) is 0 Å². The molecule has 0 amide bonds. The van der Waals surface area contributed by atoms with Gasteiger partial charge in [-0.1, -0.05) is 6.92 Å². The molecule has 0 aliphatic heterocycles. The van der Waals surface area contributed by atoms with Gasteiger partial charge in [-0.15, -0.1) is 0 Å². The van der Waals surface area contributed by atoms with Crippen molar-refractivity contribution in [3.05, 3.63) is 29.8 Å². The first-order chi connectivity index (χ1) is 7.17. The molecule has 3 nitrogen and oxygen atoms in total. The van der Waals surface area contributed by atoms with E-state index in [0.29, 0.717) is 5.56 Å². The van der Waals surface area contributed by atoms with Crippen LogP contribution in [0.5, 0.6) is 5.75 Å². The van der Waals surface area contributed by atoms with E-state index in [1.54, 1.807) is 24.3 Å². The smallest absolute Gasteiger partial charge is 0.337 e. The molecule has 0 saturated heterocycles. The monoisotopic (exact) mass is 208 g/mol. The Morgan fingerprint density at radius 3 is 2.40 bits per heavy atom. The molecule has 15 heavy (non-hydrogen) atoms. The number of esters is 1. The Bertz CT molecular complexity index is 316. The quantitative estimate of drug-likeness (QED) is 0.713. The molecular formula is C12H16O3. The number of rotatable bonds is 4. The second-order valence-corrected chi connectivity index (χ2v) is 3.35. The van der Waals surface area contributed by atoms with E-state index in [1.165, 1.54) is 7.11 Å². The summed E-state index contributed by atoms with van der Waals surface area (Å²) in [7, 11) is 1.37. The highest BCUT2D eigenvalue weighted by Gasteiger charge is 2.05. The maximum atomic E-state index is 11.1. The predicted molar refractivity (Wildman–Crippen MR) is 58.2 cm³/mol. The van der Waals surface area contributed by atoms with Crippen molar-refractivity contribution in [3.63, 3.8) is 0 Å². The summed E-state index contributed by atoms with van der Waals surface area (Å²) in [6.45, 7) is 4.07. The molecule has 1 aromatic rings. The molecule has 1 rings (SSSR count). The van der Waals surface area contributed by atoms with Crippen molar-refractivity contribution in [1.29, 1.82) is 0 Å². The molecule has 0 N–H and O–H groups in total. The summed E-state index contributed by atoms with van der Waals surface area (Å²) >= 11 is 0. The summed E-state index contributed by atoms with van der Waals surface area (Å²) in [6, 6.07) is 6.95. The van der Waals surface area contributed by atoms with E-state index in [2.05, 4.69) is 11.7 Å². The molecule has 0 aliphatic carbocycles. The summed E-state index contributed by atoms with van der Waals surface area (Å²) in [5, 5.41) is 0. The van der Waals surface area contributed by atoms with Crippen molar-refractivity contribution in [2.24, 2.45) is 0 Å². The largest absolute Gasteiger partial charge is 0.491 e. The molecule has 0 bridgehead atoms. The van der Waals surface area contributed by atoms with Crippen LogP contribution >= 0.6 is 0 Å². The molecule has 1 atom stereocenters. The van der Waals surface area contributed by atoms with E-state index in [4.69, 9.17) is 4.74 Å². The number of benzene rings is 1. The summed E-state index contributed by atoms with van der Waals surface area (Å²) in [6.07, 6.45) is 1.15. The fourth-order valence-corrected chi connectivity index (χ4v) is 1.10. The lowest BCUT2D eigenvalue weighted by molar-refractivity contribution is 0.0600. The maximum absolute atomic E-state index is 11.1. The molecule has 0 radical (unpaired) electrons. The average Bonchev–Trinajstić information content (AvgIpc) is 2.29. The zero-order valence-electron chi connectivity index (χ0n) is 9.32. The van der Waals surface area contributed by atoms with Crippen molar-refractivity contribution in [2.75, 3.05) is 7.11 Å². The zero-order chi connectivity index (χ0) is 11.3. The van der Waals surface area contributed by atoms with Crippen LogP contribution in [0.4, 0.5) is 0 Å². The van der Waals surface area contributed by atoms with E-state index in [9.17, 15) is 4.79 Å². The molecule has 0 aromatic heterocycles. The number of carbonyl (C=O) groups is 1. The molecule has 3 heteroatoms. The van der Waals surface area contributed by atoms with Gasteiger partial charge >= 0.3 is 5.97 Å². The van der Waals surface area contributed by atoms with Crippen LogP contribution in [0.2, 0.25) is 0 Å². The fraction of sp³-hybridized carbons (Fsp3) is 0.417. The Hall–Kier alpha value is -1.51. The van der Waals surface area contributed by atoms with Crippen LogP contribution < -0.4 is 4.74 Å². The average molecular weight is 208 g/mol. The SMILES string of the molecule is CC[C@H](C)Oc1ccc(C(=O)OC)cc1. The van der Waals surface area contributed by atoms with Gasteiger partial charge in [0, 0.05) is 0 Å². The molecule has 0 heterocycles. The van der Waals surface area contributed by atoms with Gasteiger partial charge in [-0.2, -0.15) is 0 Å². The highest BCUT2D eigenvalue weighted by molar-refractivity contribution is 5.89. The molecule has 0 unspecified atom stereocenters. The third-order valence-corrected chi connectivity index (χ3v) is 2.19. The number of hydrogen-bond donors (Lipinski definition) is 0. The normalized spacial score (nSPS) is 11.9. The van der Waals surface area contributed by atoms with E-state index in [-0.39, 0.29) is 12.1 Å². The Kier molecular flexibility index (Phi) is 4.16. The van der Waals surface area contributed by atoms with Crippen LogP contribution in [-0.4, -0.2) is 19.2 Å². The Morgan fingerprint density at radius 1 is 1.33 bits per heavy atom. The summed E-state index contributed by atoms with van der Waals surface area (Å²) < 4.78 is 10.2. The lowest BCUT2D eigenvalue weighted by Gasteiger charge is -2.12. The first-order valence-electron chi connectivity index (χ1n) is 5.02. The predicted octanol–water partition coefficient (Wildman–Crippen LogP) is 2.65. The highest BCUT2D eigenvalue weighted by atomic mass is 16.5. The van der Waals surface area contributed by atoms with Gasteiger partial charge in [-0.05, 0) is 37.6 Å². The number of hydrogen-bond acceptors (Lipinski definition) is 3. The first kappa shape index (κ1) is 11.6. The van der Waals surface area contributed by atoms with Crippen LogP contribution in [0.1, 0.15) is 30.6 Å². The second kappa shape index (κ2) is 5.39. The Labute approximate surface area is 90.0 Å². The lowest BCUT2D eigenvalue weighted by atomic mass is 10.2. The third kappa shape index (κ3) is 3.27. The molecule has 82 valence electrons. The fourth-order valence-electron chi connectivity index (χ4n) is 1.10. The van der Waals surface area contributed by atoms with Crippen molar-refractivity contribution in [2.45, 2.75) is 26.4 Å². The summed E-state index contributed by atoms with van der Waals surface area (Å²) in [5.41, 5.74) is 0.536. The molecule has 0 spiro atoms. The van der Waals surface area contributed by atoms with Crippen molar-refractivity contribution in [1.82, 2.24) is 0 Å². The van der Waals surface area contributed by atoms with Gasteiger partial charge in [0.15, 0.2) is 0 Å². The number of carbonyl (C=O) groups excluding carboxylic acids is 1. The highest BCUT2D eigenvalue weighted by Crippen LogP contribution is 2.15. The zero-order valence-corrected chi connectivity index (χ0v) is 9.32. The minimum atomic E-state index is -0.329. The van der Waals surface area contributed by atoms with Crippen LogP contribution in [-0.2, 0) is 4.74 Å². The van der Waals surface area contributed by atoms with E-state index < -0.39 is 0 Å². The standard InChI is InChI=1S/C12H16O3/c1-4-9(2)15-11-7-5-10(6-8-11)12(13)14-3/h5-9H,4H2,1-3H3/t9-/m0/s1. The van der Waals surface area contributed by atoms with Crippen molar-refractivity contribution in [3.8, 4) is 5.75 Å². The molecular weight excluding hydrogens is 192 g/mol. The minimum absolute atomic E-state index is 0.189. The van der Waals surface area contributed by atoms with Crippen LogP contribution in [0, 0.1) is 0 Å². The third-order valence-electron chi connectivity index (χ3n) is 2.19. The van der Waals surface area contributed by atoms with E-state index in [1.807, 2.05) is 6.92 Å². The maximum Gasteiger partial charge on any atom is 0.337 e. The minimum Gasteiger partial charge on any atom is -0.491 e. The molecule has 1 aromatic carbocycles. The summed E-state index contributed by atoms with van der Waals surface area (Å²) in [4.78, 5) is 11.1. The summed E-state index contributed by atoms with van der Waals surface area (Å²) in [5.74, 6) is 0.446. The van der Waals surface area contributed by atoms with E-state index in [0.717, 1.165) is 12.2 Å². The Balaban J connectivity index is 2.68. The van der Waals surface area contributed by atoms with Crippen LogP contribution in [0.3, 0.4) is 0 Å². The van der Waals surface area contributed by atoms with Gasteiger partial charge in [0.25, 0.3) is 0 Å². The van der Waals surface area contributed by atoms with Crippen molar-refractivity contribution < 1.29 is 14.3 Å². The topological polar surface area (TPSA) is 35.5 Å². The van der Waals surface area contributed by atoms with Crippen LogP contribution in [0.15, 0.2) is 24.3 Å². The molecule has 0 saturated carbocycles. The number of ether oxygens (including phenoxy) is 2. The number of methoxy groups -OCH3 is 1. The Morgan fingerprint density at radius 2 is 1.93 bits per heavy atom. The van der Waals surface area contributed by atoms with Gasteiger partial charge < -0.3 is 9.47 Å². The van der Waals surface area contributed by atoms with Gasteiger partial charge in [0.1, 0.15) is 5.75 Å². The van der Waals surface area contributed by atoms with E-state index >= 15 is 0 Å². The van der Waals surface area contributed by atoms with Crippen molar-refractivity contribution >= 4 is 5.97 Å². The van der Waals surface area contributed by atoms with Gasteiger partial charge in [-0.25, -0.2) is 4.79 Å². The second-order valence-electron chi connectivity index (χ2n) is 3.35.